The predicted octanol–water partition coefficient (Wildman–Crippen LogP) is 2.83. The molecule has 1 heterocycles. The van der Waals surface area contributed by atoms with E-state index in [1.165, 1.54) is 6.26 Å². The highest BCUT2D eigenvalue weighted by Crippen LogP contribution is 2.22. The third kappa shape index (κ3) is 1.72. The molecule has 0 unspecified atom stereocenters. The number of carbonyl (C=O) groups excluding carboxylic acids is 1. The van der Waals surface area contributed by atoms with E-state index in [0.717, 1.165) is 5.56 Å². The Morgan fingerprint density at radius 3 is 2.62 bits per heavy atom. The zero-order valence-electron chi connectivity index (χ0n) is 9.19. The zero-order chi connectivity index (χ0) is 11.5. The van der Waals surface area contributed by atoms with Crippen LogP contribution in [0.25, 0.3) is 0 Å². The summed E-state index contributed by atoms with van der Waals surface area (Å²) in [5, 5.41) is 0. The quantitative estimate of drug-likeness (QED) is 0.740. The summed E-state index contributed by atoms with van der Waals surface area (Å²) in [6, 6.07) is 8.87. The molecule has 0 aliphatic carbocycles. The lowest BCUT2D eigenvalue weighted by Crippen LogP contribution is -2.03. The lowest BCUT2D eigenvalue weighted by Gasteiger charge is -2.05. The molecule has 1 aromatic heterocycles. The van der Waals surface area contributed by atoms with E-state index < -0.39 is 0 Å². The molecule has 82 valence electrons. The smallest absolute Gasteiger partial charge is 0.232 e. The van der Waals surface area contributed by atoms with Crippen molar-refractivity contribution in [2.24, 2.45) is 0 Å². The van der Waals surface area contributed by atoms with Gasteiger partial charge in [0.1, 0.15) is 5.75 Å². The molecule has 0 radical (unpaired) electrons. The van der Waals surface area contributed by atoms with E-state index in [9.17, 15) is 4.79 Å². The van der Waals surface area contributed by atoms with Crippen LogP contribution >= 0.6 is 0 Å². The molecule has 1 aromatic carbocycles. The SMILES string of the molecule is COc1ccccc1C(=O)c1occc1C. The first-order valence-electron chi connectivity index (χ1n) is 4.96. The summed E-state index contributed by atoms with van der Waals surface area (Å²) >= 11 is 0. The van der Waals surface area contributed by atoms with Gasteiger partial charge in [-0.3, -0.25) is 4.79 Å². The third-order valence-corrected chi connectivity index (χ3v) is 2.42. The van der Waals surface area contributed by atoms with E-state index in [4.69, 9.17) is 9.15 Å². The second kappa shape index (κ2) is 4.23. The van der Waals surface area contributed by atoms with E-state index in [-0.39, 0.29) is 5.78 Å². The van der Waals surface area contributed by atoms with Gasteiger partial charge in [-0.2, -0.15) is 0 Å². The van der Waals surface area contributed by atoms with Crippen molar-refractivity contribution in [3.05, 3.63) is 53.5 Å². The van der Waals surface area contributed by atoms with Crippen LogP contribution < -0.4 is 4.74 Å². The van der Waals surface area contributed by atoms with Crippen molar-refractivity contribution >= 4 is 5.78 Å². The Balaban J connectivity index is 2.46. The number of benzene rings is 1. The number of aryl methyl sites for hydroxylation is 1. The minimum Gasteiger partial charge on any atom is -0.496 e. The largest absolute Gasteiger partial charge is 0.496 e. The van der Waals surface area contributed by atoms with Crippen LogP contribution in [0.5, 0.6) is 5.75 Å². The number of ketones is 1. The van der Waals surface area contributed by atoms with Crippen LogP contribution in [-0.2, 0) is 0 Å². The summed E-state index contributed by atoms with van der Waals surface area (Å²) in [4.78, 5) is 12.1. The van der Waals surface area contributed by atoms with Crippen LogP contribution in [0.3, 0.4) is 0 Å². The molecule has 2 aromatic rings. The van der Waals surface area contributed by atoms with Crippen LogP contribution in [-0.4, -0.2) is 12.9 Å². The standard InChI is InChI=1S/C13H12O3/c1-9-7-8-16-13(9)12(14)10-5-3-4-6-11(10)15-2/h3-8H,1-2H3. The fraction of sp³-hybridized carbons (Fsp3) is 0.154. The summed E-state index contributed by atoms with van der Waals surface area (Å²) in [5.41, 5.74) is 1.35. The maximum absolute atomic E-state index is 12.1. The molecule has 3 heteroatoms. The molecule has 0 N–H and O–H groups in total. The highest BCUT2D eigenvalue weighted by Gasteiger charge is 2.18. The van der Waals surface area contributed by atoms with Gasteiger partial charge in [-0.1, -0.05) is 12.1 Å². The van der Waals surface area contributed by atoms with Gasteiger partial charge in [-0.15, -0.1) is 0 Å². The van der Waals surface area contributed by atoms with Crippen molar-refractivity contribution in [1.29, 1.82) is 0 Å². The summed E-state index contributed by atoms with van der Waals surface area (Å²) in [6.07, 6.45) is 1.51. The number of para-hydroxylation sites is 1. The lowest BCUT2D eigenvalue weighted by atomic mass is 10.1. The Hall–Kier alpha value is -2.03. The Morgan fingerprint density at radius 2 is 2.00 bits per heavy atom. The van der Waals surface area contributed by atoms with Crippen LogP contribution in [0.15, 0.2) is 41.0 Å². The normalized spacial score (nSPS) is 10.1. The molecule has 0 spiro atoms. The van der Waals surface area contributed by atoms with Crippen molar-refractivity contribution in [3.63, 3.8) is 0 Å². The van der Waals surface area contributed by atoms with Crippen molar-refractivity contribution < 1.29 is 13.9 Å². The molecule has 16 heavy (non-hydrogen) atoms. The molecule has 0 atom stereocenters. The van der Waals surface area contributed by atoms with Gasteiger partial charge in [0.25, 0.3) is 0 Å². The predicted molar refractivity (Wildman–Crippen MR) is 59.9 cm³/mol. The second-order valence-electron chi connectivity index (χ2n) is 3.46. The summed E-state index contributed by atoms with van der Waals surface area (Å²) in [5.74, 6) is 0.771. The molecule has 0 saturated heterocycles. The number of hydrogen-bond donors (Lipinski definition) is 0. The molecule has 0 saturated carbocycles. The lowest BCUT2D eigenvalue weighted by molar-refractivity contribution is 0.101. The van der Waals surface area contributed by atoms with Gasteiger partial charge >= 0.3 is 0 Å². The zero-order valence-corrected chi connectivity index (χ0v) is 9.19. The van der Waals surface area contributed by atoms with E-state index in [0.29, 0.717) is 17.1 Å². The molecule has 0 aliphatic heterocycles. The van der Waals surface area contributed by atoms with Gasteiger partial charge in [0, 0.05) is 0 Å². The highest BCUT2D eigenvalue weighted by molar-refractivity contribution is 6.09. The fourth-order valence-electron chi connectivity index (χ4n) is 1.56. The Kier molecular flexibility index (Phi) is 2.77. The highest BCUT2D eigenvalue weighted by atomic mass is 16.5. The molecule has 0 amide bonds. The first-order chi connectivity index (χ1) is 7.74. The van der Waals surface area contributed by atoms with Gasteiger partial charge in [0.15, 0.2) is 5.76 Å². The van der Waals surface area contributed by atoms with E-state index >= 15 is 0 Å². The van der Waals surface area contributed by atoms with Gasteiger partial charge in [-0.05, 0) is 30.7 Å². The first kappa shape index (κ1) is 10.5. The first-order valence-corrected chi connectivity index (χ1v) is 4.96. The van der Waals surface area contributed by atoms with Crippen LogP contribution in [0.4, 0.5) is 0 Å². The summed E-state index contributed by atoms with van der Waals surface area (Å²) in [7, 11) is 1.54. The third-order valence-electron chi connectivity index (χ3n) is 2.42. The minimum absolute atomic E-state index is 0.153. The fourth-order valence-corrected chi connectivity index (χ4v) is 1.56. The molecule has 0 fully saturated rings. The maximum Gasteiger partial charge on any atom is 0.232 e. The molecule has 0 aliphatic rings. The average Bonchev–Trinajstić information content (AvgIpc) is 2.74. The summed E-state index contributed by atoms with van der Waals surface area (Å²) < 4.78 is 10.3. The van der Waals surface area contributed by atoms with Gasteiger partial charge in [0.2, 0.25) is 5.78 Å². The Labute approximate surface area is 93.7 Å². The Bertz CT molecular complexity index is 511. The topological polar surface area (TPSA) is 39.4 Å². The molecule has 0 bridgehead atoms. The Morgan fingerprint density at radius 1 is 1.25 bits per heavy atom. The molecular formula is C13H12O3. The maximum atomic E-state index is 12.1. The number of hydrogen-bond acceptors (Lipinski definition) is 3. The van der Waals surface area contributed by atoms with E-state index in [1.807, 2.05) is 13.0 Å². The number of furan rings is 1. The van der Waals surface area contributed by atoms with Crippen molar-refractivity contribution in [2.45, 2.75) is 6.92 Å². The molecule has 3 nitrogen and oxygen atoms in total. The van der Waals surface area contributed by atoms with Gasteiger partial charge < -0.3 is 9.15 Å². The number of rotatable bonds is 3. The summed E-state index contributed by atoms with van der Waals surface area (Å²) in [6.45, 7) is 1.84. The van der Waals surface area contributed by atoms with E-state index in [2.05, 4.69) is 0 Å². The monoisotopic (exact) mass is 216 g/mol. The van der Waals surface area contributed by atoms with Crippen molar-refractivity contribution in [1.82, 2.24) is 0 Å². The van der Waals surface area contributed by atoms with Gasteiger partial charge in [0.05, 0.1) is 18.9 Å². The second-order valence-corrected chi connectivity index (χ2v) is 3.46. The molecule has 2 rings (SSSR count). The van der Waals surface area contributed by atoms with Crippen LogP contribution in [0, 0.1) is 6.92 Å². The van der Waals surface area contributed by atoms with Gasteiger partial charge in [-0.25, -0.2) is 0 Å². The minimum atomic E-state index is -0.153. The van der Waals surface area contributed by atoms with E-state index in [1.54, 1.807) is 31.4 Å². The number of methoxy groups -OCH3 is 1. The van der Waals surface area contributed by atoms with Crippen molar-refractivity contribution in [3.8, 4) is 5.75 Å². The number of carbonyl (C=O) groups is 1. The van der Waals surface area contributed by atoms with Crippen molar-refractivity contribution in [2.75, 3.05) is 7.11 Å². The average molecular weight is 216 g/mol. The van der Waals surface area contributed by atoms with Crippen LogP contribution in [0.1, 0.15) is 21.7 Å². The van der Waals surface area contributed by atoms with Crippen LogP contribution in [0.2, 0.25) is 0 Å². The molecular weight excluding hydrogens is 204 g/mol. The number of ether oxygens (including phenoxy) is 1.